The first-order chi connectivity index (χ1) is 12.7. The third kappa shape index (κ3) is 4.99. The zero-order valence-electron chi connectivity index (χ0n) is 16.0. The monoisotopic (exact) mass is 361 g/mol. The van der Waals surface area contributed by atoms with Crippen LogP contribution in [0.15, 0.2) is 6.07 Å². The average molecular weight is 361 g/mol. The fourth-order valence-corrected chi connectivity index (χ4v) is 3.67. The second kappa shape index (κ2) is 9.05. The highest BCUT2D eigenvalue weighted by Crippen LogP contribution is 2.21. The molecule has 2 aliphatic rings. The molecule has 0 aromatic carbocycles. The van der Waals surface area contributed by atoms with Crippen molar-refractivity contribution in [2.24, 2.45) is 0 Å². The molecule has 0 saturated carbocycles. The van der Waals surface area contributed by atoms with Crippen LogP contribution < -0.4 is 10.2 Å². The van der Waals surface area contributed by atoms with Gasteiger partial charge < -0.3 is 19.9 Å². The minimum absolute atomic E-state index is 0.202. The predicted molar refractivity (Wildman–Crippen MR) is 103 cm³/mol. The van der Waals surface area contributed by atoms with Gasteiger partial charge in [-0.25, -0.2) is 9.78 Å². The van der Waals surface area contributed by atoms with Gasteiger partial charge >= 0.3 is 6.09 Å². The minimum atomic E-state index is -0.202. The van der Waals surface area contributed by atoms with Crippen molar-refractivity contribution >= 4 is 17.9 Å². The Morgan fingerprint density at radius 1 is 1.15 bits per heavy atom. The Bertz CT molecular complexity index is 594. The van der Waals surface area contributed by atoms with Crippen molar-refractivity contribution in [1.29, 1.82) is 0 Å². The van der Waals surface area contributed by atoms with Crippen molar-refractivity contribution in [2.45, 2.75) is 58.4 Å². The van der Waals surface area contributed by atoms with Crippen molar-refractivity contribution in [3.05, 3.63) is 11.8 Å². The van der Waals surface area contributed by atoms with E-state index in [-0.39, 0.29) is 6.09 Å². The van der Waals surface area contributed by atoms with E-state index in [0.29, 0.717) is 12.6 Å². The number of carbonyl (C=O) groups is 1. The summed E-state index contributed by atoms with van der Waals surface area (Å²) in [6.07, 6.45) is 6.63. The van der Waals surface area contributed by atoms with E-state index in [2.05, 4.69) is 15.2 Å². The summed E-state index contributed by atoms with van der Waals surface area (Å²) in [4.78, 5) is 25.3. The summed E-state index contributed by atoms with van der Waals surface area (Å²) in [5, 5.41) is 3.55. The molecular formula is C19H31N5O2. The molecule has 0 atom stereocenters. The van der Waals surface area contributed by atoms with Crippen LogP contribution in [0.5, 0.6) is 0 Å². The van der Waals surface area contributed by atoms with Gasteiger partial charge in [0.2, 0.25) is 5.95 Å². The highest BCUT2D eigenvalue weighted by molar-refractivity contribution is 5.67. The van der Waals surface area contributed by atoms with E-state index in [9.17, 15) is 4.79 Å². The number of hydrogen-bond acceptors (Lipinski definition) is 6. The smallest absolute Gasteiger partial charge is 0.409 e. The Kier molecular flexibility index (Phi) is 6.52. The lowest BCUT2D eigenvalue weighted by Crippen LogP contribution is -2.42. The van der Waals surface area contributed by atoms with Gasteiger partial charge in [0.05, 0.1) is 6.61 Å². The van der Waals surface area contributed by atoms with Gasteiger partial charge in [0.1, 0.15) is 5.82 Å². The Labute approximate surface area is 156 Å². The number of aromatic nitrogens is 2. The number of ether oxygens (including phenoxy) is 1. The van der Waals surface area contributed by atoms with Crippen LogP contribution in [0.2, 0.25) is 0 Å². The molecule has 0 aliphatic carbocycles. The first-order valence-electron chi connectivity index (χ1n) is 9.94. The number of piperidine rings is 1. The number of carbonyl (C=O) groups excluding carboxylic acids is 1. The highest BCUT2D eigenvalue weighted by atomic mass is 16.6. The summed E-state index contributed by atoms with van der Waals surface area (Å²) >= 11 is 0. The van der Waals surface area contributed by atoms with Gasteiger partial charge in [0.15, 0.2) is 0 Å². The molecular weight excluding hydrogens is 330 g/mol. The molecule has 0 radical (unpaired) electrons. The SMILES string of the molecule is CCOC(=O)N1CCC(Nc2cc(C)nc(N3CCCCCC3)n2)CC1. The standard InChI is InChI=1S/C19H31N5O2/c1-3-26-19(25)24-12-8-16(9-13-24)21-17-14-15(2)20-18(22-17)23-10-6-4-5-7-11-23/h14,16H,3-13H2,1-2H3,(H,20,21,22). The lowest BCUT2D eigenvalue weighted by atomic mass is 10.1. The van der Waals surface area contributed by atoms with E-state index < -0.39 is 0 Å². The number of anilines is 2. The molecule has 2 aliphatic heterocycles. The maximum absolute atomic E-state index is 11.8. The van der Waals surface area contributed by atoms with Gasteiger partial charge in [-0.05, 0) is 39.5 Å². The lowest BCUT2D eigenvalue weighted by Gasteiger charge is -2.32. The van der Waals surface area contributed by atoms with Gasteiger partial charge in [-0.2, -0.15) is 4.98 Å². The second-order valence-corrected chi connectivity index (χ2v) is 7.20. The van der Waals surface area contributed by atoms with Crippen LogP contribution in [0.3, 0.4) is 0 Å². The topological polar surface area (TPSA) is 70.6 Å². The lowest BCUT2D eigenvalue weighted by molar-refractivity contribution is 0.0983. The Hall–Kier alpha value is -2.05. The molecule has 3 rings (SSSR count). The molecule has 1 aromatic heterocycles. The van der Waals surface area contributed by atoms with E-state index in [4.69, 9.17) is 9.72 Å². The van der Waals surface area contributed by atoms with E-state index in [1.807, 2.05) is 19.9 Å². The number of nitrogens with one attached hydrogen (secondary N) is 1. The molecule has 0 unspecified atom stereocenters. The summed E-state index contributed by atoms with van der Waals surface area (Å²) in [6, 6.07) is 2.34. The number of likely N-dealkylation sites (tertiary alicyclic amines) is 1. The summed E-state index contributed by atoms with van der Waals surface area (Å²) in [6.45, 7) is 7.82. The molecule has 2 fully saturated rings. The van der Waals surface area contributed by atoms with Crippen LogP contribution in [0.25, 0.3) is 0 Å². The van der Waals surface area contributed by atoms with Crippen LogP contribution in [-0.2, 0) is 4.74 Å². The quantitative estimate of drug-likeness (QED) is 0.888. The van der Waals surface area contributed by atoms with Crippen molar-refractivity contribution in [3.63, 3.8) is 0 Å². The van der Waals surface area contributed by atoms with Gasteiger partial charge in [0.25, 0.3) is 0 Å². The first-order valence-corrected chi connectivity index (χ1v) is 9.94. The van der Waals surface area contributed by atoms with Crippen LogP contribution in [0.4, 0.5) is 16.6 Å². The van der Waals surface area contributed by atoms with E-state index in [0.717, 1.165) is 56.5 Å². The molecule has 7 heteroatoms. The maximum atomic E-state index is 11.8. The summed E-state index contributed by atoms with van der Waals surface area (Å²) in [5.41, 5.74) is 0.991. The fourth-order valence-electron chi connectivity index (χ4n) is 3.67. The third-order valence-corrected chi connectivity index (χ3v) is 5.10. The normalized spacial score (nSPS) is 19.2. The molecule has 3 heterocycles. The first kappa shape index (κ1) is 18.7. The summed E-state index contributed by atoms with van der Waals surface area (Å²) < 4.78 is 5.08. The molecule has 2 saturated heterocycles. The van der Waals surface area contributed by atoms with Crippen molar-refractivity contribution in [1.82, 2.24) is 14.9 Å². The van der Waals surface area contributed by atoms with Crippen LogP contribution in [-0.4, -0.2) is 59.8 Å². The molecule has 7 nitrogen and oxygen atoms in total. The summed E-state index contributed by atoms with van der Waals surface area (Å²) in [7, 11) is 0. The predicted octanol–water partition coefficient (Wildman–Crippen LogP) is 3.20. The van der Waals surface area contributed by atoms with Crippen molar-refractivity contribution in [3.8, 4) is 0 Å². The molecule has 1 amide bonds. The molecule has 1 N–H and O–H groups in total. The molecule has 144 valence electrons. The molecule has 1 aromatic rings. The number of nitrogens with zero attached hydrogens (tertiary/aromatic N) is 4. The van der Waals surface area contributed by atoms with Gasteiger partial charge in [0, 0.05) is 44.0 Å². The maximum Gasteiger partial charge on any atom is 0.409 e. The van der Waals surface area contributed by atoms with E-state index >= 15 is 0 Å². The molecule has 0 spiro atoms. The number of aryl methyl sites for hydroxylation is 1. The molecule has 26 heavy (non-hydrogen) atoms. The van der Waals surface area contributed by atoms with Crippen molar-refractivity contribution < 1.29 is 9.53 Å². The minimum Gasteiger partial charge on any atom is -0.450 e. The second-order valence-electron chi connectivity index (χ2n) is 7.20. The van der Waals surface area contributed by atoms with E-state index in [1.165, 1.54) is 25.7 Å². The zero-order chi connectivity index (χ0) is 18.4. The third-order valence-electron chi connectivity index (χ3n) is 5.10. The Morgan fingerprint density at radius 3 is 2.50 bits per heavy atom. The van der Waals surface area contributed by atoms with Crippen LogP contribution >= 0.6 is 0 Å². The number of hydrogen-bond donors (Lipinski definition) is 1. The van der Waals surface area contributed by atoms with Gasteiger partial charge in [-0.15, -0.1) is 0 Å². The molecule has 0 bridgehead atoms. The van der Waals surface area contributed by atoms with Crippen LogP contribution in [0, 0.1) is 6.92 Å². The average Bonchev–Trinajstić information content (AvgIpc) is 2.91. The summed E-state index contributed by atoms with van der Waals surface area (Å²) in [5.74, 6) is 1.74. The fraction of sp³-hybridized carbons (Fsp3) is 0.737. The number of amides is 1. The largest absolute Gasteiger partial charge is 0.450 e. The Balaban J connectivity index is 1.59. The van der Waals surface area contributed by atoms with Crippen molar-refractivity contribution in [2.75, 3.05) is 43.0 Å². The highest BCUT2D eigenvalue weighted by Gasteiger charge is 2.24. The van der Waals surface area contributed by atoms with Crippen LogP contribution in [0.1, 0.15) is 51.1 Å². The zero-order valence-corrected chi connectivity index (χ0v) is 16.0. The van der Waals surface area contributed by atoms with Gasteiger partial charge in [-0.1, -0.05) is 12.8 Å². The Morgan fingerprint density at radius 2 is 1.85 bits per heavy atom. The number of rotatable bonds is 4. The van der Waals surface area contributed by atoms with E-state index in [1.54, 1.807) is 4.90 Å². The van der Waals surface area contributed by atoms with Gasteiger partial charge in [-0.3, -0.25) is 0 Å².